The van der Waals surface area contributed by atoms with E-state index in [1.165, 1.54) is 0 Å². The Morgan fingerprint density at radius 1 is 1.24 bits per heavy atom. The summed E-state index contributed by atoms with van der Waals surface area (Å²) in [5.41, 5.74) is 2.10. The number of halogens is 1. The van der Waals surface area contributed by atoms with Crippen LogP contribution >= 0.6 is 11.6 Å². The van der Waals surface area contributed by atoms with E-state index in [9.17, 15) is 0 Å². The summed E-state index contributed by atoms with van der Waals surface area (Å²) in [6.45, 7) is 9.15. The second-order valence-corrected chi connectivity index (χ2v) is 4.89. The molecule has 0 aliphatic carbocycles. The molecule has 1 aromatic rings. The Hall–Kier alpha value is -0.830. The van der Waals surface area contributed by atoms with Gasteiger partial charge in [0.15, 0.2) is 0 Å². The van der Waals surface area contributed by atoms with E-state index in [4.69, 9.17) is 11.6 Å². The SMILES string of the molecule is CCC(CC)(CCl)CNc1cnc(C)c(C)n1. The van der Waals surface area contributed by atoms with Crippen LogP contribution in [0.3, 0.4) is 0 Å². The molecule has 0 aromatic carbocycles. The number of nitrogens with zero attached hydrogens (tertiary/aromatic N) is 2. The number of anilines is 1. The molecule has 0 radical (unpaired) electrons. The average molecular weight is 256 g/mol. The predicted octanol–water partition coefficient (Wildman–Crippen LogP) is 3.55. The van der Waals surface area contributed by atoms with Crippen molar-refractivity contribution in [3.05, 3.63) is 17.6 Å². The van der Waals surface area contributed by atoms with Crippen molar-refractivity contribution in [2.75, 3.05) is 17.7 Å². The minimum Gasteiger partial charge on any atom is -0.368 e. The first kappa shape index (κ1) is 14.2. The zero-order valence-electron chi connectivity index (χ0n) is 11.2. The maximum atomic E-state index is 6.07. The lowest BCUT2D eigenvalue weighted by Crippen LogP contribution is -2.30. The van der Waals surface area contributed by atoms with E-state index in [2.05, 4.69) is 29.1 Å². The molecule has 0 aliphatic heterocycles. The molecule has 0 fully saturated rings. The third kappa shape index (κ3) is 3.56. The average Bonchev–Trinajstić information content (AvgIpc) is 2.36. The Morgan fingerprint density at radius 3 is 2.35 bits per heavy atom. The minimum absolute atomic E-state index is 0.155. The molecule has 0 saturated carbocycles. The third-order valence-corrected chi connectivity index (χ3v) is 4.19. The Kier molecular flexibility index (Phi) is 5.19. The summed E-state index contributed by atoms with van der Waals surface area (Å²) in [7, 11) is 0. The topological polar surface area (TPSA) is 37.8 Å². The number of aromatic nitrogens is 2. The molecule has 0 spiro atoms. The van der Waals surface area contributed by atoms with Crippen molar-refractivity contribution in [1.29, 1.82) is 0 Å². The quantitative estimate of drug-likeness (QED) is 0.790. The molecule has 0 amide bonds. The second kappa shape index (κ2) is 6.20. The number of rotatable bonds is 6. The Balaban J connectivity index is 2.68. The monoisotopic (exact) mass is 255 g/mol. The van der Waals surface area contributed by atoms with Gasteiger partial charge in [0.2, 0.25) is 0 Å². The van der Waals surface area contributed by atoms with Gasteiger partial charge in [-0.15, -0.1) is 11.6 Å². The van der Waals surface area contributed by atoms with Gasteiger partial charge in [-0.2, -0.15) is 0 Å². The van der Waals surface area contributed by atoms with Gasteiger partial charge >= 0.3 is 0 Å². The molecule has 0 bridgehead atoms. The maximum absolute atomic E-state index is 6.07. The molecular weight excluding hydrogens is 234 g/mol. The summed E-state index contributed by atoms with van der Waals surface area (Å²) in [5, 5.41) is 3.35. The van der Waals surface area contributed by atoms with Crippen molar-refractivity contribution < 1.29 is 0 Å². The lowest BCUT2D eigenvalue weighted by atomic mass is 9.84. The van der Waals surface area contributed by atoms with Gasteiger partial charge in [0, 0.05) is 17.8 Å². The molecule has 96 valence electrons. The second-order valence-electron chi connectivity index (χ2n) is 4.62. The van der Waals surface area contributed by atoms with Crippen LogP contribution < -0.4 is 5.32 Å². The fraction of sp³-hybridized carbons (Fsp3) is 0.692. The zero-order valence-corrected chi connectivity index (χ0v) is 11.9. The summed E-state index contributed by atoms with van der Waals surface area (Å²) in [6, 6.07) is 0. The van der Waals surface area contributed by atoms with Crippen LogP contribution in [-0.2, 0) is 0 Å². The summed E-state index contributed by atoms with van der Waals surface area (Å²) >= 11 is 6.07. The summed E-state index contributed by atoms with van der Waals surface area (Å²) < 4.78 is 0. The van der Waals surface area contributed by atoms with E-state index in [0.717, 1.165) is 36.6 Å². The van der Waals surface area contributed by atoms with Gasteiger partial charge < -0.3 is 5.32 Å². The molecule has 17 heavy (non-hydrogen) atoms. The molecule has 1 N–H and O–H groups in total. The highest BCUT2D eigenvalue weighted by Gasteiger charge is 2.24. The van der Waals surface area contributed by atoms with E-state index in [-0.39, 0.29) is 5.41 Å². The number of alkyl halides is 1. The van der Waals surface area contributed by atoms with Crippen molar-refractivity contribution in [1.82, 2.24) is 9.97 Å². The van der Waals surface area contributed by atoms with Crippen molar-refractivity contribution in [2.24, 2.45) is 5.41 Å². The van der Waals surface area contributed by atoms with Crippen molar-refractivity contribution in [3.63, 3.8) is 0 Å². The van der Waals surface area contributed by atoms with Crippen LogP contribution in [0.1, 0.15) is 38.1 Å². The standard InChI is InChI=1S/C13H22ClN3/c1-5-13(6-2,8-14)9-16-12-7-15-10(3)11(4)17-12/h7H,5-6,8-9H2,1-4H3,(H,16,17). The predicted molar refractivity (Wildman–Crippen MR) is 73.7 cm³/mol. The molecule has 0 atom stereocenters. The summed E-state index contributed by atoms with van der Waals surface area (Å²) in [4.78, 5) is 8.76. The molecular formula is C13H22ClN3. The van der Waals surface area contributed by atoms with Crippen molar-refractivity contribution in [2.45, 2.75) is 40.5 Å². The van der Waals surface area contributed by atoms with Gasteiger partial charge in [0.25, 0.3) is 0 Å². The fourth-order valence-corrected chi connectivity index (χ4v) is 2.11. The van der Waals surface area contributed by atoms with Crippen LogP contribution in [0, 0.1) is 19.3 Å². The highest BCUT2D eigenvalue weighted by molar-refractivity contribution is 6.18. The van der Waals surface area contributed by atoms with Crippen LogP contribution in [0.25, 0.3) is 0 Å². The first-order valence-electron chi connectivity index (χ1n) is 6.17. The lowest BCUT2D eigenvalue weighted by Gasteiger charge is -2.29. The van der Waals surface area contributed by atoms with Gasteiger partial charge in [-0.25, -0.2) is 4.98 Å². The Morgan fingerprint density at radius 2 is 1.88 bits per heavy atom. The van der Waals surface area contributed by atoms with Crippen LogP contribution in [0.2, 0.25) is 0 Å². The molecule has 1 rings (SSSR count). The Bertz CT molecular complexity index is 353. The van der Waals surface area contributed by atoms with Gasteiger partial charge in [-0.05, 0) is 26.7 Å². The van der Waals surface area contributed by atoms with Crippen LogP contribution in [-0.4, -0.2) is 22.4 Å². The lowest BCUT2D eigenvalue weighted by molar-refractivity contribution is 0.326. The molecule has 3 nitrogen and oxygen atoms in total. The molecule has 1 heterocycles. The number of hydrogen-bond donors (Lipinski definition) is 1. The number of hydrogen-bond acceptors (Lipinski definition) is 3. The smallest absolute Gasteiger partial charge is 0.144 e. The van der Waals surface area contributed by atoms with Crippen molar-refractivity contribution in [3.8, 4) is 0 Å². The van der Waals surface area contributed by atoms with Crippen LogP contribution in [0.4, 0.5) is 5.82 Å². The minimum atomic E-state index is 0.155. The fourth-order valence-electron chi connectivity index (χ4n) is 1.64. The first-order chi connectivity index (χ1) is 8.06. The van der Waals surface area contributed by atoms with E-state index in [1.807, 2.05) is 13.8 Å². The van der Waals surface area contributed by atoms with Gasteiger partial charge in [0.05, 0.1) is 17.6 Å². The largest absolute Gasteiger partial charge is 0.368 e. The van der Waals surface area contributed by atoms with Gasteiger partial charge in [-0.1, -0.05) is 13.8 Å². The van der Waals surface area contributed by atoms with Crippen molar-refractivity contribution >= 4 is 17.4 Å². The van der Waals surface area contributed by atoms with E-state index >= 15 is 0 Å². The van der Waals surface area contributed by atoms with Gasteiger partial charge in [0.1, 0.15) is 5.82 Å². The van der Waals surface area contributed by atoms with Crippen LogP contribution in [0.5, 0.6) is 0 Å². The number of aryl methyl sites for hydroxylation is 2. The third-order valence-electron chi connectivity index (χ3n) is 3.62. The molecule has 0 aliphatic rings. The van der Waals surface area contributed by atoms with E-state index < -0.39 is 0 Å². The summed E-state index contributed by atoms with van der Waals surface area (Å²) in [6.07, 6.45) is 3.92. The normalized spacial score (nSPS) is 11.6. The molecule has 4 heteroatoms. The van der Waals surface area contributed by atoms with E-state index in [1.54, 1.807) is 6.20 Å². The Labute approximate surface area is 109 Å². The summed E-state index contributed by atoms with van der Waals surface area (Å²) in [5.74, 6) is 1.51. The number of nitrogens with one attached hydrogen (secondary N) is 1. The highest BCUT2D eigenvalue weighted by Crippen LogP contribution is 2.28. The van der Waals surface area contributed by atoms with Gasteiger partial charge in [-0.3, -0.25) is 4.98 Å². The highest BCUT2D eigenvalue weighted by atomic mass is 35.5. The maximum Gasteiger partial charge on any atom is 0.144 e. The first-order valence-corrected chi connectivity index (χ1v) is 6.70. The molecule has 1 aromatic heterocycles. The zero-order chi connectivity index (χ0) is 12.9. The molecule has 0 unspecified atom stereocenters. The molecule has 0 saturated heterocycles. The van der Waals surface area contributed by atoms with E-state index in [0.29, 0.717) is 5.88 Å². The van der Waals surface area contributed by atoms with Crippen LogP contribution in [0.15, 0.2) is 6.20 Å².